The van der Waals surface area contributed by atoms with Crippen molar-refractivity contribution in [2.75, 3.05) is 6.54 Å². The van der Waals surface area contributed by atoms with Gasteiger partial charge in [-0.1, -0.05) is 30.7 Å². The Hall–Kier alpha value is -0.970. The van der Waals surface area contributed by atoms with E-state index in [1.807, 2.05) is 6.92 Å². The van der Waals surface area contributed by atoms with Gasteiger partial charge in [-0.3, -0.25) is 0 Å². The molecule has 1 nitrogen and oxygen atoms in total. The number of benzene rings is 2. The minimum atomic E-state index is -0.433. The molecule has 1 unspecified atom stereocenters. The highest BCUT2D eigenvalue weighted by atomic mass is 79.9. The number of hydrogen-bond acceptors (Lipinski definition) is 1. The maximum absolute atomic E-state index is 13.6. The lowest BCUT2D eigenvalue weighted by molar-refractivity contribution is 0.541. The molecule has 5 heteroatoms. The van der Waals surface area contributed by atoms with E-state index in [2.05, 4.69) is 21.2 Å². The molecule has 0 aliphatic carbocycles. The first-order valence-corrected chi connectivity index (χ1v) is 7.80. The van der Waals surface area contributed by atoms with Gasteiger partial charge in [0.15, 0.2) is 0 Å². The SMILES string of the molecule is CCNC(Cc1ccc(F)c(Br)c1)c1ccc(Cl)c(F)c1. The Morgan fingerprint density at radius 3 is 2.52 bits per heavy atom. The van der Waals surface area contributed by atoms with Gasteiger partial charge in [0, 0.05) is 6.04 Å². The summed E-state index contributed by atoms with van der Waals surface area (Å²) in [6.07, 6.45) is 0.633. The van der Waals surface area contributed by atoms with Gasteiger partial charge in [0.2, 0.25) is 0 Å². The Bertz CT molecular complexity index is 634. The van der Waals surface area contributed by atoms with Crippen molar-refractivity contribution in [3.8, 4) is 0 Å². The van der Waals surface area contributed by atoms with Crippen LogP contribution in [0, 0.1) is 11.6 Å². The van der Waals surface area contributed by atoms with Crippen LogP contribution in [0.5, 0.6) is 0 Å². The van der Waals surface area contributed by atoms with Crippen LogP contribution in [0.3, 0.4) is 0 Å². The van der Waals surface area contributed by atoms with Gasteiger partial charge in [-0.05, 0) is 64.3 Å². The van der Waals surface area contributed by atoms with Crippen LogP contribution in [0.2, 0.25) is 5.02 Å². The smallest absolute Gasteiger partial charge is 0.142 e. The van der Waals surface area contributed by atoms with Gasteiger partial charge in [0.1, 0.15) is 11.6 Å². The van der Waals surface area contributed by atoms with Gasteiger partial charge < -0.3 is 5.32 Å². The average Bonchev–Trinajstić information content (AvgIpc) is 2.45. The molecule has 0 bridgehead atoms. The minimum absolute atomic E-state index is 0.0564. The lowest BCUT2D eigenvalue weighted by Crippen LogP contribution is -2.23. The predicted molar refractivity (Wildman–Crippen MR) is 85.6 cm³/mol. The van der Waals surface area contributed by atoms with Crippen LogP contribution in [-0.2, 0) is 6.42 Å². The van der Waals surface area contributed by atoms with E-state index in [0.29, 0.717) is 10.9 Å². The third kappa shape index (κ3) is 4.25. The molecule has 112 valence electrons. The fourth-order valence-corrected chi connectivity index (χ4v) is 2.73. The van der Waals surface area contributed by atoms with Crippen molar-refractivity contribution in [2.45, 2.75) is 19.4 Å². The third-order valence-electron chi connectivity index (χ3n) is 3.22. The van der Waals surface area contributed by atoms with E-state index in [1.165, 1.54) is 12.1 Å². The molecule has 0 fully saturated rings. The summed E-state index contributed by atoms with van der Waals surface area (Å²) in [5.74, 6) is -0.728. The van der Waals surface area contributed by atoms with Crippen molar-refractivity contribution in [3.63, 3.8) is 0 Å². The van der Waals surface area contributed by atoms with Gasteiger partial charge in [0.05, 0.1) is 9.50 Å². The molecular weight excluding hydrogens is 360 g/mol. The molecule has 21 heavy (non-hydrogen) atoms. The highest BCUT2D eigenvalue weighted by molar-refractivity contribution is 9.10. The molecule has 0 heterocycles. The van der Waals surface area contributed by atoms with Crippen molar-refractivity contribution in [1.29, 1.82) is 0 Å². The molecular formula is C16H15BrClF2N. The van der Waals surface area contributed by atoms with E-state index < -0.39 is 5.82 Å². The second-order valence-electron chi connectivity index (χ2n) is 4.74. The zero-order valence-corrected chi connectivity index (χ0v) is 13.8. The van der Waals surface area contributed by atoms with Crippen LogP contribution >= 0.6 is 27.5 Å². The fraction of sp³-hybridized carbons (Fsp3) is 0.250. The molecule has 0 spiro atoms. The van der Waals surface area contributed by atoms with E-state index >= 15 is 0 Å². The van der Waals surface area contributed by atoms with Crippen molar-refractivity contribution in [1.82, 2.24) is 5.32 Å². The summed E-state index contributed by atoms with van der Waals surface area (Å²) >= 11 is 8.90. The van der Waals surface area contributed by atoms with E-state index in [-0.39, 0.29) is 16.9 Å². The molecule has 0 saturated heterocycles. The third-order valence-corrected chi connectivity index (χ3v) is 4.13. The molecule has 2 rings (SSSR count). The monoisotopic (exact) mass is 373 g/mol. The number of likely N-dealkylation sites (N-methyl/N-ethyl adjacent to an activating group) is 1. The number of hydrogen-bond donors (Lipinski definition) is 1. The van der Waals surface area contributed by atoms with Gasteiger partial charge in [-0.2, -0.15) is 0 Å². The molecule has 1 atom stereocenters. The van der Waals surface area contributed by atoms with Crippen LogP contribution in [0.15, 0.2) is 40.9 Å². The zero-order valence-electron chi connectivity index (χ0n) is 11.5. The Kier molecular flexibility index (Phi) is 5.73. The van der Waals surface area contributed by atoms with E-state index in [1.54, 1.807) is 24.3 Å². The maximum atomic E-state index is 13.6. The maximum Gasteiger partial charge on any atom is 0.142 e. The topological polar surface area (TPSA) is 12.0 Å². The largest absolute Gasteiger partial charge is 0.310 e. The summed E-state index contributed by atoms with van der Waals surface area (Å²) < 4.78 is 27.3. The normalized spacial score (nSPS) is 12.4. The molecule has 1 N–H and O–H groups in total. The quantitative estimate of drug-likeness (QED) is 0.751. The molecule has 0 amide bonds. The summed E-state index contributed by atoms with van der Waals surface area (Å²) in [5.41, 5.74) is 1.78. The Balaban J connectivity index is 2.25. The predicted octanol–water partition coefficient (Wildman–Crippen LogP) is 5.27. The first kappa shape index (κ1) is 16.4. The van der Waals surface area contributed by atoms with Crippen molar-refractivity contribution >= 4 is 27.5 Å². The van der Waals surface area contributed by atoms with Crippen LogP contribution in [0.25, 0.3) is 0 Å². The molecule has 0 aromatic heterocycles. The fourth-order valence-electron chi connectivity index (χ4n) is 2.19. The summed E-state index contributed by atoms with van der Waals surface area (Å²) in [6, 6.07) is 9.63. The first-order valence-electron chi connectivity index (χ1n) is 6.63. The Labute approximate surface area is 136 Å². The minimum Gasteiger partial charge on any atom is -0.310 e. The molecule has 0 radical (unpaired) electrons. The average molecular weight is 375 g/mol. The van der Waals surface area contributed by atoms with Gasteiger partial charge >= 0.3 is 0 Å². The van der Waals surface area contributed by atoms with E-state index in [9.17, 15) is 8.78 Å². The molecule has 0 aliphatic heterocycles. The van der Waals surface area contributed by atoms with Crippen molar-refractivity contribution in [2.24, 2.45) is 0 Å². The number of halogens is 4. The van der Waals surface area contributed by atoms with Crippen LogP contribution in [0.4, 0.5) is 8.78 Å². The van der Waals surface area contributed by atoms with E-state index in [0.717, 1.165) is 17.7 Å². The van der Waals surface area contributed by atoms with Crippen LogP contribution < -0.4 is 5.32 Å². The molecule has 2 aromatic rings. The Morgan fingerprint density at radius 2 is 1.90 bits per heavy atom. The number of rotatable bonds is 5. The lowest BCUT2D eigenvalue weighted by atomic mass is 9.98. The zero-order chi connectivity index (χ0) is 15.4. The van der Waals surface area contributed by atoms with Gasteiger partial charge in [-0.25, -0.2) is 8.78 Å². The Morgan fingerprint density at radius 1 is 1.14 bits per heavy atom. The number of nitrogens with one attached hydrogen (secondary N) is 1. The summed E-state index contributed by atoms with van der Waals surface area (Å²) in [4.78, 5) is 0. The molecule has 2 aromatic carbocycles. The van der Waals surface area contributed by atoms with Gasteiger partial charge in [0.25, 0.3) is 0 Å². The van der Waals surface area contributed by atoms with Crippen LogP contribution in [0.1, 0.15) is 24.1 Å². The highest BCUT2D eigenvalue weighted by Gasteiger charge is 2.14. The summed E-state index contributed by atoms with van der Waals surface area (Å²) in [6.45, 7) is 2.73. The lowest BCUT2D eigenvalue weighted by Gasteiger charge is -2.19. The molecule has 0 saturated carbocycles. The summed E-state index contributed by atoms with van der Waals surface area (Å²) in [5, 5.41) is 3.42. The second kappa shape index (κ2) is 7.34. The first-order chi connectivity index (χ1) is 10.0. The highest BCUT2D eigenvalue weighted by Crippen LogP contribution is 2.25. The molecule has 0 aliphatic rings. The van der Waals surface area contributed by atoms with Gasteiger partial charge in [-0.15, -0.1) is 0 Å². The summed E-state index contributed by atoms with van der Waals surface area (Å²) in [7, 11) is 0. The second-order valence-corrected chi connectivity index (χ2v) is 6.00. The van der Waals surface area contributed by atoms with Crippen LogP contribution in [-0.4, -0.2) is 6.54 Å². The van der Waals surface area contributed by atoms with Crippen molar-refractivity contribution in [3.05, 3.63) is 68.7 Å². The standard InChI is InChI=1S/C16H15BrClF2N/c1-2-21-16(11-4-5-13(18)15(20)9-11)8-10-3-6-14(19)12(17)7-10/h3-7,9,16,21H,2,8H2,1H3. The van der Waals surface area contributed by atoms with Crippen molar-refractivity contribution < 1.29 is 8.78 Å². The van der Waals surface area contributed by atoms with E-state index in [4.69, 9.17) is 11.6 Å².